The highest BCUT2D eigenvalue weighted by atomic mass is 16.3. The molecular weight excluding hydrogens is 464 g/mol. The molecule has 0 aliphatic carbocycles. The number of fused-ring (bicyclic) bond motifs is 6. The van der Waals surface area contributed by atoms with Crippen molar-refractivity contribution in [2.75, 3.05) is 11.9 Å². The average molecular weight is 491 g/mol. The summed E-state index contributed by atoms with van der Waals surface area (Å²) in [6, 6.07) is 38.8. The van der Waals surface area contributed by atoms with Crippen LogP contribution in [0.25, 0.3) is 60.6 Å². The highest BCUT2D eigenvalue weighted by Crippen LogP contribution is 2.37. The Morgan fingerprint density at radius 2 is 1.34 bits per heavy atom. The molecule has 3 nitrogen and oxygen atoms in total. The standard InChI is InChI=1S/C35H26N2O/c1-2-3-9-20-36-26-16-19-35-31(23-26)30-22-25(15-18-34(30)38-35)24-14-17-33-29(21-24)28-12-7-8-13-32(28)37(33)27-10-5-4-6-11-27/h2-19,21-23,36H,1,20H2/b9-3-. The Balaban J connectivity index is 1.35. The number of nitrogens with one attached hydrogen (secondary N) is 1. The molecular formula is C35H26N2O. The molecule has 0 aliphatic rings. The molecule has 0 saturated heterocycles. The van der Waals surface area contributed by atoms with E-state index in [1.54, 1.807) is 6.08 Å². The van der Waals surface area contributed by atoms with E-state index in [0.29, 0.717) is 0 Å². The van der Waals surface area contributed by atoms with Crippen LogP contribution in [-0.2, 0) is 0 Å². The molecule has 0 atom stereocenters. The van der Waals surface area contributed by atoms with Crippen molar-refractivity contribution in [2.45, 2.75) is 0 Å². The van der Waals surface area contributed by atoms with Crippen molar-refractivity contribution in [3.05, 3.63) is 134 Å². The van der Waals surface area contributed by atoms with Gasteiger partial charge in [0.2, 0.25) is 0 Å². The lowest BCUT2D eigenvalue weighted by molar-refractivity contribution is 0.669. The van der Waals surface area contributed by atoms with Gasteiger partial charge in [-0.2, -0.15) is 0 Å². The van der Waals surface area contributed by atoms with Gasteiger partial charge in [-0.3, -0.25) is 0 Å². The maximum Gasteiger partial charge on any atom is 0.135 e. The van der Waals surface area contributed by atoms with Crippen LogP contribution in [0.15, 0.2) is 138 Å². The van der Waals surface area contributed by atoms with E-state index in [2.05, 4.69) is 120 Å². The van der Waals surface area contributed by atoms with Gasteiger partial charge in [0.25, 0.3) is 0 Å². The Labute approximate surface area is 220 Å². The van der Waals surface area contributed by atoms with Crippen LogP contribution in [0.5, 0.6) is 0 Å². The van der Waals surface area contributed by atoms with E-state index >= 15 is 0 Å². The average Bonchev–Trinajstić information content (AvgIpc) is 3.50. The lowest BCUT2D eigenvalue weighted by Crippen LogP contribution is -1.97. The summed E-state index contributed by atoms with van der Waals surface area (Å²) in [5, 5.41) is 8.18. The van der Waals surface area contributed by atoms with Gasteiger partial charge in [-0.1, -0.05) is 73.3 Å². The molecule has 1 N–H and O–H groups in total. The van der Waals surface area contributed by atoms with Crippen LogP contribution >= 0.6 is 0 Å². The number of para-hydroxylation sites is 2. The van der Waals surface area contributed by atoms with Crippen molar-refractivity contribution in [3.63, 3.8) is 0 Å². The number of hydrogen-bond donors (Lipinski definition) is 1. The molecule has 0 amide bonds. The minimum atomic E-state index is 0.745. The summed E-state index contributed by atoms with van der Waals surface area (Å²) in [6.07, 6.45) is 5.78. The monoisotopic (exact) mass is 490 g/mol. The van der Waals surface area contributed by atoms with Crippen LogP contribution in [0.1, 0.15) is 0 Å². The molecule has 3 heteroatoms. The Morgan fingerprint density at radius 1 is 0.658 bits per heavy atom. The predicted octanol–water partition coefficient (Wildman–Crippen LogP) is 9.50. The number of hydrogen-bond acceptors (Lipinski definition) is 2. The second-order valence-corrected chi connectivity index (χ2v) is 9.49. The van der Waals surface area contributed by atoms with Gasteiger partial charge >= 0.3 is 0 Å². The normalized spacial score (nSPS) is 11.8. The third-order valence-electron chi connectivity index (χ3n) is 7.19. The van der Waals surface area contributed by atoms with Crippen molar-refractivity contribution in [2.24, 2.45) is 0 Å². The molecule has 0 bridgehead atoms. The van der Waals surface area contributed by atoms with Crippen LogP contribution < -0.4 is 5.32 Å². The number of furan rings is 1. The Kier molecular flexibility index (Phi) is 5.33. The molecule has 0 aliphatic heterocycles. The first-order valence-electron chi connectivity index (χ1n) is 12.9. The van der Waals surface area contributed by atoms with Gasteiger partial charge in [0.05, 0.1) is 11.0 Å². The molecule has 2 heterocycles. The largest absolute Gasteiger partial charge is 0.456 e. The molecule has 0 saturated carbocycles. The molecule has 5 aromatic carbocycles. The van der Waals surface area contributed by atoms with E-state index < -0.39 is 0 Å². The fourth-order valence-corrected chi connectivity index (χ4v) is 5.42. The van der Waals surface area contributed by atoms with Crippen LogP contribution in [0, 0.1) is 0 Å². The van der Waals surface area contributed by atoms with Gasteiger partial charge in [-0.05, 0) is 71.8 Å². The van der Waals surface area contributed by atoms with Gasteiger partial charge < -0.3 is 14.3 Å². The van der Waals surface area contributed by atoms with Gasteiger partial charge in [0, 0.05) is 39.5 Å². The number of benzene rings is 5. The van der Waals surface area contributed by atoms with E-state index in [1.807, 2.05) is 18.2 Å². The quantitative estimate of drug-likeness (QED) is 0.235. The highest BCUT2D eigenvalue weighted by molar-refractivity contribution is 6.11. The van der Waals surface area contributed by atoms with Crippen LogP contribution in [0.4, 0.5) is 5.69 Å². The Morgan fingerprint density at radius 3 is 2.18 bits per heavy atom. The zero-order chi connectivity index (χ0) is 25.5. The molecule has 0 fully saturated rings. The van der Waals surface area contributed by atoms with Crippen molar-refractivity contribution in [3.8, 4) is 16.8 Å². The van der Waals surface area contributed by atoms with Gasteiger partial charge in [0.15, 0.2) is 0 Å². The maximum atomic E-state index is 6.16. The predicted molar refractivity (Wildman–Crippen MR) is 161 cm³/mol. The zero-order valence-corrected chi connectivity index (χ0v) is 20.9. The summed E-state index contributed by atoms with van der Waals surface area (Å²) in [5.74, 6) is 0. The van der Waals surface area contributed by atoms with E-state index in [-0.39, 0.29) is 0 Å². The minimum Gasteiger partial charge on any atom is -0.456 e. The molecule has 0 radical (unpaired) electrons. The topological polar surface area (TPSA) is 30.1 Å². The van der Waals surface area contributed by atoms with Crippen LogP contribution in [0.2, 0.25) is 0 Å². The lowest BCUT2D eigenvalue weighted by atomic mass is 10.0. The number of allylic oxidation sites excluding steroid dienone is 2. The van der Waals surface area contributed by atoms with Crippen LogP contribution in [0.3, 0.4) is 0 Å². The Bertz CT molecular complexity index is 1990. The summed E-state index contributed by atoms with van der Waals surface area (Å²) < 4.78 is 8.51. The number of rotatable bonds is 6. The number of aromatic nitrogens is 1. The fourth-order valence-electron chi connectivity index (χ4n) is 5.42. The highest BCUT2D eigenvalue weighted by Gasteiger charge is 2.14. The van der Waals surface area contributed by atoms with Crippen molar-refractivity contribution in [1.82, 2.24) is 4.57 Å². The van der Waals surface area contributed by atoms with E-state index in [9.17, 15) is 0 Å². The fraction of sp³-hybridized carbons (Fsp3) is 0.0286. The minimum absolute atomic E-state index is 0.745. The summed E-state index contributed by atoms with van der Waals surface area (Å²) in [5.41, 5.74) is 8.80. The van der Waals surface area contributed by atoms with Crippen LogP contribution in [-0.4, -0.2) is 11.1 Å². The van der Waals surface area contributed by atoms with E-state index in [4.69, 9.17) is 4.42 Å². The van der Waals surface area contributed by atoms with Crippen molar-refractivity contribution in [1.29, 1.82) is 0 Å². The first kappa shape index (κ1) is 22.2. The summed E-state index contributed by atoms with van der Waals surface area (Å²) >= 11 is 0. The third kappa shape index (κ3) is 3.68. The second-order valence-electron chi connectivity index (χ2n) is 9.49. The summed E-state index contributed by atoms with van der Waals surface area (Å²) in [6.45, 7) is 4.47. The lowest BCUT2D eigenvalue weighted by Gasteiger charge is -2.08. The smallest absolute Gasteiger partial charge is 0.135 e. The van der Waals surface area contributed by atoms with Gasteiger partial charge in [0.1, 0.15) is 11.2 Å². The molecule has 182 valence electrons. The molecule has 7 rings (SSSR count). The van der Waals surface area contributed by atoms with Gasteiger partial charge in [-0.25, -0.2) is 0 Å². The molecule has 0 unspecified atom stereocenters. The molecule has 0 spiro atoms. The van der Waals surface area contributed by atoms with E-state index in [1.165, 1.54) is 38.6 Å². The third-order valence-corrected chi connectivity index (χ3v) is 7.19. The number of nitrogens with zero attached hydrogens (tertiary/aromatic N) is 1. The first-order chi connectivity index (χ1) is 18.8. The molecule has 38 heavy (non-hydrogen) atoms. The second kappa shape index (κ2) is 9.13. The van der Waals surface area contributed by atoms with Crippen molar-refractivity contribution >= 4 is 49.4 Å². The summed E-state index contributed by atoms with van der Waals surface area (Å²) in [7, 11) is 0. The number of anilines is 1. The Hall–Kier alpha value is -5.02. The molecule has 2 aromatic heterocycles. The zero-order valence-electron chi connectivity index (χ0n) is 20.9. The molecule has 7 aromatic rings. The van der Waals surface area contributed by atoms with Gasteiger partial charge in [-0.15, -0.1) is 0 Å². The first-order valence-corrected chi connectivity index (χ1v) is 12.9. The summed E-state index contributed by atoms with van der Waals surface area (Å²) in [4.78, 5) is 0. The maximum absolute atomic E-state index is 6.16. The SMILES string of the molecule is C=C/C=C\CNc1ccc2oc3ccc(-c4ccc5c(c4)c4ccccc4n5-c4ccccc4)cc3c2c1. The van der Waals surface area contributed by atoms with E-state index in [0.717, 1.165) is 34.2 Å². The van der Waals surface area contributed by atoms with Crippen molar-refractivity contribution < 1.29 is 4.42 Å².